The topological polar surface area (TPSA) is 50.7 Å². The number of aliphatic imine (C=N–C) groups is 1. The molecule has 0 radical (unpaired) electrons. The smallest absolute Gasteiger partial charge is 0.338 e. The number of rotatable bonds is 2. The predicted molar refractivity (Wildman–Crippen MR) is 70.1 cm³/mol. The first kappa shape index (κ1) is 12.4. The number of benzene rings is 1. The fraction of sp³-hybridized carbons (Fsp3) is 0.286. The fourth-order valence-corrected chi connectivity index (χ4v) is 2.09. The second-order valence-corrected chi connectivity index (χ2v) is 4.18. The Bertz CT molecular complexity index is 518. The van der Waals surface area contributed by atoms with Crippen molar-refractivity contribution in [3.8, 4) is 0 Å². The zero-order chi connectivity index (χ0) is 13.1. The van der Waals surface area contributed by atoms with E-state index in [1.807, 2.05) is 44.2 Å². The molecule has 0 spiro atoms. The van der Waals surface area contributed by atoms with Gasteiger partial charge in [0.05, 0.1) is 18.5 Å². The number of hydrogen-bond acceptors (Lipinski definition) is 4. The normalized spacial score (nSPS) is 19.1. The second-order valence-electron chi connectivity index (χ2n) is 4.18. The van der Waals surface area contributed by atoms with Crippen molar-refractivity contribution in [2.24, 2.45) is 4.99 Å². The molecular weight excluding hydrogens is 228 g/mol. The molecule has 1 aromatic carbocycles. The summed E-state index contributed by atoms with van der Waals surface area (Å²) in [4.78, 5) is 16.4. The monoisotopic (exact) mass is 244 g/mol. The van der Waals surface area contributed by atoms with Crippen molar-refractivity contribution in [1.29, 1.82) is 0 Å². The van der Waals surface area contributed by atoms with Crippen LogP contribution in [0, 0.1) is 0 Å². The molecule has 1 aromatic rings. The molecular formula is C14H16N2O2. The van der Waals surface area contributed by atoms with Crippen molar-refractivity contribution in [1.82, 2.24) is 5.32 Å². The lowest BCUT2D eigenvalue weighted by Gasteiger charge is -2.24. The van der Waals surface area contributed by atoms with E-state index < -0.39 is 0 Å². The van der Waals surface area contributed by atoms with Crippen molar-refractivity contribution in [3.63, 3.8) is 0 Å². The van der Waals surface area contributed by atoms with Crippen LogP contribution in [-0.2, 0) is 9.53 Å². The lowest BCUT2D eigenvalue weighted by molar-refractivity contribution is -0.136. The Morgan fingerprint density at radius 3 is 2.56 bits per heavy atom. The van der Waals surface area contributed by atoms with E-state index >= 15 is 0 Å². The third kappa shape index (κ3) is 2.27. The van der Waals surface area contributed by atoms with E-state index in [0.717, 1.165) is 17.1 Å². The average Bonchev–Trinajstić information content (AvgIpc) is 2.38. The van der Waals surface area contributed by atoms with Crippen molar-refractivity contribution in [2.45, 2.75) is 19.9 Å². The zero-order valence-electron chi connectivity index (χ0n) is 10.7. The van der Waals surface area contributed by atoms with E-state index in [4.69, 9.17) is 4.74 Å². The molecule has 0 aromatic heterocycles. The highest BCUT2D eigenvalue weighted by Crippen LogP contribution is 2.30. The molecule has 1 atom stereocenters. The molecule has 0 saturated carbocycles. The summed E-state index contributed by atoms with van der Waals surface area (Å²) in [5.74, 6) is 0.458. The van der Waals surface area contributed by atoms with Gasteiger partial charge in [0, 0.05) is 5.70 Å². The third-order valence-electron chi connectivity index (χ3n) is 2.89. The van der Waals surface area contributed by atoms with Gasteiger partial charge in [0.15, 0.2) is 0 Å². The number of ether oxygens (including phenoxy) is 1. The first-order valence-corrected chi connectivity index (χ1v) is 5.79. The minimum absolute atomic E-state index is 0.292. The molecule has 1 N–H and O–H groups in total. The number of amidine groups is 1. The van der Waals surface area contributed by atoms with Crippen molar-refractivity contribution in [3.05, 3.63) is 47.2 Å². The second kappa shape index (κ2) is 5.04. The van der Waals surface area contributed by atoms with Crippen LogP contribution in [0.25, 0.3) is 0 Å². The number of carbonyl (C=O) groups is 1. The Labute approximate surface area is 106 Å². The fourth-order valence-electron chi connectivity index (χ4n) is 2.09. The van der Waals surface area contributed by atoms with E-state index in [1.165, 1.54) is 7.11 Å². The molecule has 0 aliphatic carbocycles. The maximum Gasteiger partial charge on any atom is 0.338 e. The summed E-state index contributed by atoms with van der Waals surface area (Å²) >= 11 is 0. The Balaban J connectivity index is 2.47. The summed E-state index contributed by atoms with van der Waals surface area (Å²) in [7, 11) is 1.38. The number of methoxy groups -OCH3 is 1. The van der Waals surface area contributed by atoms with Gasteiger partial charge in [-0.1, -0.05) is 30.3 Å². The van der Waals surface area contributed by atoms with Gasteiger partial charge < -0.3 is 10.1 Å². The molecule has 1 aliphatic heterocycles. The first-order valence-electron chi connectivity index (χ1n) is 5.79. The summed E-state index contributed by atoms with van der Waals surface area (Å²) in [6, 6.07) is 9.44. The highest BCUT2D eigenvalue weighted by Gasteiger charge is 2.28. The quantitative estimate of drug-likeness (QED) is 0.811. The number of nitrogens with one attached hydrogen (secondary N) is 1. The molecule has 4 nitrogen and oxygen atoms in total. The Kier molecular flexibility index (Phi) is 3.46. The average molecular weight is 244 g/mol. The maximum absolute atomic E-state index is 11.9. The van der Waals surface area contributed by atoms with E-state index in [2.05, 4.69) is 10.3 Å². The van der Waals surface area contributed by atoms with Gasteiger partial charge in [-0.2, -0.15) is 0 Å². The summed E-state index contributed by atoms with van der Waals surface area (Å²) in [5.41, 5.74) is 2.34. The Morgan fingerprint density at radius 2 is 1.94 bits per heavy atom. The third-order valence-corrected chi connectivity index (χ3v) is 2.89. The molecule has 4 heteroatoms. The van der Waals surface area contributed by atoms with Crippen molar-refractivity contribution >= 4 is 11.8 Å². The lowest BCUT2D eigenvalue weighted by Crippen LogP contribution is -2.30. The number of allylic oxidation sites excluding steroid dienone is 1. The summed E-state index contributed by atoms with van der Waals surface area (Å²) < 4.78 is 4.84. The molecule has 1 unspecified atom stereocenters. The lowest BCUT2D eigenvalue weighted by atomic mass is 9.96. The van der Waals surface area contributed by atoms with Crippen LogP contribution in [0.1, 0.15) is 25.5 Å². The summed E-state index contributed by atoms with van der Waals surface area (Å²) in [6.45, 7) is 3.74. The van der Waals surface area contributed by atoms with Gasteiger partial charge in [-0.15, -0.1) is 0 Å². The van der Waals surface area contributed by atoms with E-state index in [9.17, 15) is 4.79 Å². The maximum atomic E-state index is 11.9. The summed E-state index contributed by atoms with van der Waals surface area (Å²) in [5, 5.41) is 3.07. The molecule has 1 heterocycles. The van der Waals surface area contributed by atoms with Crippen LogP contribution in [0.15, 0.2) is 46.6 Å². The SMILES string of the molecule is COC(=O)C1=C(C)NC(C)=NC1c1ccccc1. The van der Waals surface area contributed by atoms with Crippen molar-refractivity contribution < 1.29 is 9.53 Å². The van der Waals surface area contributed by atoms with Crippen molar-refractivity contribution in [2.75, 3.05) is 7.11 Å². The minimum atomic E-state index is -0.342. The van der Waals surface area contributed by atoms with E-state index in [0.29, 0.717) is 5.57 Å². The predicted octanol–water partition coefficient (Wildman–Crippen LogP) is 2.20. The molecule has 0 saturated heterocycles. The van der Waals surface area contributed by atoms with Crippen LogP contribution in [0.3, 0.4) is 0 Å². The highest BCUT2D eigenvalue weighted by molar-refractivity contribution is 5.95. The van der Waals surface area contributed by atoms with Crippen LogP contribution in [0.2, 0.25) is 0 Å². The molecule has 2 rings (SSSR count). The van der Waals surface area contributed by atoms with Crippen LogP contribution in [0.5, 0.6) is 0 Å². The molecule has 0 amide bonds. The van der Waals surface area contributed by atoms with Gasteiger partial charge in [0.2, 0.25) is 0 Å². The van der Waals surface area contributed by atoms with E-state index in [1.54, 1.807) is 0 Å². The molecule has 94 valence electrons. The van der Waals surface area contributed by atoms with Gasteiger partial charge in [-0.3, -0.25) is 4.99 Å². The Morgan fingerprint density at radius 1 is 1.28 bits per heavy atom. The van der Waals surface area contributed by atoms with Gasteiger partial charge >= 0.3 is 5.97 Å². The number of nitrogens with zero attached hydrogens (tertiary/aromatic N) is 1. The van der Waals surface area contributed by atoms with Gasteiger partial charge in [0.25, 0.3) is 0 Å². The van der Waals surface area contributed by atoms with Gasteiger partial charge in [0.1, 0.15) is 6.04 Å². The summed E-state index contributed by atoms with van der Waals surface area (Å²) in [6.07, 6.45) is 0. The standard InChI is InChI=1S/C14H16N2O2/c1-9-12(14(17)18-3)13(16-10(2)15-9)11-7-5-4-6-8-11/h4-8,13H,1-3H3,(H,15,16). The first-order chi connectivity index (χ1) is 8.63. The van der Waals surface area contributed by atoms with Crippen LogP contribution in [-0.4, -0.2) is 18.9 Å². The van der Waals surface area contributed by atoms with Gasteiger partial charge in [-0.25, -0.2) is 4.79 Å². The molecule has 0 bridgehead atoms. The highest BCUT2D eigenvalue weighted by atomic mass is 16.5. The Hall–Kier alpha value is -2.10. The van der Waals surface area contributed by atoms with Crippen LogP contribution < -0.4 is 5.32 Å². The van der Waals surface area contributed by atoms with Crippen LogP contribution >= 0.6 is 0 Å². The molecule has 1 aliphatic rings. The van der Waals surface area contributed by atoms with Gasteiger partial charge in [-0.05, 0) is 19.4 Å². The van der Waals surface area contributed by atoms with E-state index in [-0.39, 0.29) is 12.0 Å². The molecule has 0 fully saturated rings. The number of esters is 1. The minimum Gasteiger partial charge on any atom is -0.466 e. The largest absolute Gasteiger partial charge is 0.466 e. The number of hydrogen-bond donors (Lipinski definition) is 1. The molecule has 18 heavy (non-hydrogen) atoms. The van der Waals surface area contributed by atoms with Crippen LogP contribution in [0.4, 0.5) is 0 Å². The zero-order valence-corrected chi connectivity index (χ0v) is 10.7. The number of carbonyl (C=O) groups excluding carboxylic acids is 1.